The molecule has 0 aliphatic carbocycles. The number of esters is 1. The van der Waals surface area contributed by atoms with Crippen molar-refractivity contribution in [2.75, 3.05) is 7.11 Å². The van der Waals surface area contributed by atoms with Crippen LogP contribution < -0.4 is 0 Å². The molecule has 0 saturated heterocycles. The smallest absolute Gasteiger partial charge is 0.337 e. The molecule has 0 aromatic heterocycles. The number of carbonyl (C=O) groups excluding carboxylic acids is 2. The van der Waals surface area contributed by atoms with E-state index in [4.69, 9.17) is 11.6 Å². The highest BCUT2D eigenvalue weighted by Gasteiger charge is 2.15. The zero-order chi connectivity index (χ0) is 12.3. The molecule has 16 heavy (non-hydrogen) atoms. The van der Waals surface area contributed by atoms with Crippen molar-refractivity contribution in [2.45, 2.75) is 11.8 Å². The molecule has 0 fully saturated rings. The van der Waals surface area contributed by atoms with Gasteiger partial charge in [0.05, 0.1) is 17.5 Å². The van der Waals surface area contributed by atoms with Crippen molar-refractivity contribution in [1.29, 1.82) is 0 Å². The molecular formula is C11H10BrClO3. The number of methoxy groups -OCH3 is 1. The molecule has 1 unspecified atom stereocenters. The van der Waals surface area contributed by atoms with E-state index < -0.39 is 5.97 Å². The van der Waals surface area contributed by atoms with Crippen LogP contribution in [0.15, 0.2) is 18.2 Å². The Morgan fingerprint density at radius 1 is 1.31 bits per heavy atom. The molecule has 0 radical (unpaired) electrons. The van der Waals surface area contributed by atoms with Crippen LogP contribution in [0.1, 0.15) is 27.6 Å². The fraction of sp³-hybridized carbons (Fsp3) is 0.273. The van der Waals surface area contributed by atoms with Crippen molar-refractivity contribution in [3.63, 3.8) is 0 Å². The maximum Gasteiger partial charge on any atom is 0.337 e. The SMILES string of the molecule is COC(=O)c1cc(Cl)cc(C(=O)C(C)Br)c1. The lowest BCUT2D eigenvalue weighted by Gasteiger charge is -2.06. The van der Waals surface area contributed by atoms with Crippen LogP contribution in [0.25, 0.3) is 0 Å². The van der Waals surface area contributed by atoms with Gasteiger partial charge in [0, 0.05) is 10.6 Å². The summed E-state index contributed by atoms with van der Waals surface area (Å²) >= 11 is 9.00. The summed E-state index contributed by atoms with van der Waals surface area (Å²) in [6.45, 7) is 1.71. The summed E-state index contributed by atoms with van der Waals surface area (Å²) < 4.78 is 4.57. The van der Waals surface area contributed by atoms with E-state index in [1.807, 2.05) is 0 Å². The van der Waals surface area contributed by atoms with Crippen molar-refractivity contribution in [2.24, 2.45) is 0 Å². The maximum absolute atomic E-state index is 11.7. The zero-order valence-electron chi connectivity index (χ0n) is 8.79. The number of hydrogen-bond acceptors (Lipinski definition) is 3. The predicted octanol–water partition coefficient (Wildman–Crippen LogP) is 3.09. The normalized spacial score (nSPS) is 12.0. The number of benzene rings is 1. The van der Waals surface area contributed by atoms with Crippen molar-refractivity contribution in [1.82, 2.24) is 0 Å². The number of rotatable bonds is 3. The standard InChI is InChI=1S/C11H10BrClO3/c1-6(12)10(14)7-3-8(11(15)16-2)5-9(13)4-7/h3-6H,1-2H3. The summed E-state index contributed by atoms with van der Waals surface area (Å²) in [5.41, 5.74) is 0.656. The van der Waals surface area contributed by atoms with Gasteiger partial charge in [-0.1, -0.05) is 27.5 Å². The van der Waals surface area contributed by atoms with Crippen LogP contribution in [-0.2, 0) is 4.74 Å². The van der Waals surface area contributed by atoms with Gasteiger partial charge in [0.25, 0.3) is 0 Å². The van der Waals surface area contributed by atoms with E-state index in [1.54, 1.807) is 6.92 Å². The van der Waals surface area contributed by atoms with Gasteiger partial charge < -0.3 is 4.74 Å². The van der Waals surface area contributed by atoms with Crippen LogP contribution in [0, 0.1) is 0 Å². The van der Waals surface area contributed by atoms with E-state index in [0.717, 1.165) is 0 Å². The van der Waals surface area contributed by atoms with Crippen LogP contribution in [-0.4, -0.2) is 23.7 Å². The largest absolute Gasteiger partial charge is 0.465 e. The van der Waals surface area contributed by atoms with E-state index >= 15 is 0 Å². The highest BCUT2D eigenvalue weighted by Crippen LogP contribution is 2.19. The van der Waals surface area contributed by atoms with Crippen molar-refractivity contribution < 1.29 is 14.3 Å². The number of hydrogen-bond donors (Lipinski definition) is 0. The average Bonchev–Trinajstić information content (AvgIpc) is 2.25. The molecule has 0 aliphatic heterocycles. The molecular weight excluding hydrogens is 295 g/mol. The summed E-state index contributed by atoms with van der Waals surface area (Å²) in [5.74, 6) is -0.647. The Morgan fingerprint density at radius 3 is 2.38 bits per heavy atom. The Bertz CT molecular complexity index is 429. The molecule has 1 aromatic carbocycles. The average molecular weight is 306 g/mol. The molecule has 0 amide bonds. The predicted molar refractivity (Wildman–Crippen MR) is 65.5 cm³/mol. The number of carbonyl (C=O) groups is 2. The third-order valence-corrected chi connectivity index (χ3v) is 2.60. The minimum absolute atomic E-state index is 0.132. The molecule has 3 nitrogen and oxygen atoms in total. The van der Waals surface area contributed by atoms with Gasteiger partial charge in [0.2, 0.25) is 0 Å². The van der Waals surface area contributed by atoms with Crippen LogP contribution in [0.5, 0.6) is 0 Å². The fourth-order valence-corrected chi connectivity index (χ4v) is 1.70. The Kier molecular flexibility index (Phi) is 4.50. The first-order valence-electron chi connectivity index (χ1n) is 4.53. The molecule has 1 rings (SSSR count). The first-order chi connectivity index (χ1) is 7.45. The molecule has 0 N–H and O–H groups in total. The van der Waals surface area contributed by atoms with Crippen LogP contribution >= 0.6 is 27.5 Å². The van der Waals surface area contributed by atoms with Crippen molar-refractivity contribution >= 4 is 39.3 Å². The molecule has 0 saturated carbocycles. The van der Waals surface area contributed by atoms with Crippen molar-refractivity contribution in [3.05, 3.63) is 34.3 Å². The second-order valence-corrected chi connectivity index (χ2v) is 5.01. The number of alkyl halides is 1. The van der Waals surface area contributed by atoms with Gasteiger partial charge in [-0.3, -0.25) is 4.79 Å². The Balaban J connectivity index is 3.18. The second-order valence-electron chi connectivity index (χ2n) is 3.20. The van der Waals surface area contributed by atoms with E-state index in [0.29, 0.717) is 10.6 Å². The Morgan fingerprint density at radius 2 is 1.88 bits per heavy atom. The molecule has 0 spiro atoms. The van der Waals surface area contributed by atoms with Gasteiger partial charge in [0.15, 0.2) is 5.78 Å². The van der Waals surface area contributed by atoms with E-state index in [2.05, 4.69) is 20.7 Å². The molecule has 0 bridgehead atoms. The minimum Gasteiger partial charge on any atom is -0.465 e. The number of ether oxygens (including phenoxy) is 1. The van der Waals surface area contributed by atoms with Crippen molar-refractivity contribution in [3.8, 4) is 0 Å². The minimum atomic E-state index is -0.515. The third-order valence-electron chi connectivity index (χ3n) is 1.96. The lowest BCUT2D eigenvalue weighted by molar-refractivity contribution is 0.0600. The molecule has 5 heteroatoms. The topological polar surface area (TPSA) is 43.4 Å². The molecule has 1 aromatic rings. The van der Waals surface area contributed by atoms with Gasteiger partial charge in [-0.2, -0.15) is 0 Å². The monoisotopic (exact) mass is 304 g/mol. The summed E-state index contributed by atoms with van der Waals surface area (Å²) in [6.07, 6.45) is 0. The first kappa shape index (κ1) is 13.2. The van der Waals surface area contributed by atoms with E-state index in [-0.39, 0.29) is 16.2 Å². The summed E-state index contributed by atoms with van der Waals surface area (Å²) in [4.78, 5) is 22.7. The van der Waals surface area contributed by atoms with Gasteiger partial charge >= 0.3 is 5.97 Å². The second kappa shape index (κ2) is 5.46. The number of ketones is 1. The Labute approximate surface area is 107 Å². The van der Waals surface area contributed by atoms with Gasteiger partial charge in [-0.25, -0.2) is 4.79 Å². The van der Waals surface area contributed by atoms with Gasteiger partial charge in [-0.05, 0) is 25.1 Å². The fourth-order valence-electron chi connectivity index (χ4n) is 1.20. The lowest BCUT2D eigenvalue weighted by Crippen LogP contribution is -2.11. The highest BCUT2D eigenvalue weighted by atomic mass is 79.9. The molecule has 0 aliphatic rings. The van der Waals surface area contributed by atoms with Crippen LogP contribution in [0.2, 0.25) is 5.02 Å². The Hall–Kier alpha value is -0.870. The highest BCUT2D eigenvalue weighted by molar-refractivity contribution is 9.10. The van der Waals surface area contributed by atoms with Crippen LogP contribution in [0.3, 0.4) is 0 Å². The van der Waals surface area contributed by atoms with E-state index in [9.17, 15) is 9.59 Å². The number of Topliss-reactive ketones (excluding diaryl/α,β-unsaturated/α-hetero) is 1. The molecule has 1 atom stereocenters. The first-order valence-corrected chi connectivity index (χ1v) is 5.82. The van der Waals surface area contributed by atoms with Gasteiger partial charge in [0.1, 0.15) is 0 Å². The summed E-state index contributed by atoms with van der Waals surface area (Å²) in [7, 11) is 1.28. The third kappa shape index (κ3) is 3.06. The molecule has 86 valence electrons. The molecule has 0 heterocycles. The summed E-state index contributed by atoms with van der Waals surface area (Å²) in [5, 5.41) is 0.333. The number of halogens is 2. The van der Waals surface area contributed by atoms with E-state index in [1.165, 1.54) is 25.3 Å². The van der Waals surface area contributed by atoms with Gasteiger partial charge in [-0.15, -0.1) is 0 Å². The quantitative estimate of drug-likeness (QED) is 0.489. The maximum atomic E-state index is 11.7. The lowest BCUT2D eigenvalue weighted by atomic mass is 10.1. The summed E-state index contributed by atoms with van der Waals surface area (Å²) in [6, 6.07) is 4.45. The zero-order valence-corrected chi connectivity index (χ0v) is 11.1. The van der Waals surface area contributed by atoms with Crippen LogP contribution in [0.4, 0.5) is 0 Å².